The monoisotopic (exact) mass is 270 g/mol. The number of carboxylic acids is 1. The van der Waals surface area contributed by atoms with Crippen LogP contribution >= 0.6 is 0 Å². The number of hydrogen-bond donors (Lipinski definition) is 3. The lowest BCUT2D eigenvalue weighted by molar-refractivity contribution is -0.143. The minimum atomic E-state index is -1.19. The van der Waals surface area contributed by atoms with Crippen molar-refractivity contribution in [2.75, 3.05) is 26.1 Å². The van der Waals surface area contributed by atoms with Crippen molar-refractivity contribution in [2.24, 2.45) is 0 Å². The number of urea groups is 1. The number of ether oxygens (including phenoxy) is 2. The maximum atomic E-state index is 11.4. The van der Waals surface area contributed by atoms with E-state index in [1.54, 1.807) is 18.2 Å². The van der Waals surface area contributed by atoms with Gasteiger partial charge in [0.15, 0.2) is 6.61 Å². The molecular formula is C11H14N2O6. The topological polar surface area (TPSA) is 106 Å². The predicted octanol–water partition coefficient (Wildman–Crippen LogP) is 0.841. The Balaban J connectivity index is 2.60. The summed E-state index contributed by atoms with van der Waals surface area (Å²) in [7, 11) is 2.95. The first-order valence-corrected chi connectivity index (χ1v) is 5.19. The van der Waals surface area contributed by atoms with Gasteiger partial charge in [-0.2, -0.15) is 0 Å². The molecule has 0 saturated heterocycles. The number of hydroxylamine groups is 1. The number of benzene rings is 1. The highest BCUT2D eigenvalue weighted by atomic mass is 16.7. The van der Waals surface area contributed by atoms with Crippen molar-refractivity contribution < 1.29 is 29.0 Å². The molecule has 0 aliphatic heterocycles. The van der Waals surface area contributed by atoms with E-state index in [1.165, 1.54) is 14.2 Å². The van der Waals surface area contributed by atoms with Crippen LogP contribution in [-0.2, 0) is 9.63 Å². The number of anilines is 1. The van der Waals surface area contributed by atoms with Crippen LogP contribution in [0.4, 0.5) is 10.5 Å². The second-order valence-corrected chi connectivity index (χ2v) is 3.30. The zero-order valence-corrected chi connectivity index (χ0v) is 10.4. The maximum absolute atomic E-state index is 11.4. The Morgan fingerprint density at radius 3 is 2.58 bits per heavy atom. The summed E-state index contributed by atoms with van der Waals surface area (Å²) in [4.78, 5) is 26.0. The van der Waals surface area contributed by atoms with Gasteiger partial charge < -0.3 is 19.9 Å². The highest BCUT2D eigenvalue weighted by Crippen LogP contribution is 2.28. The summed E-state index contributed by atoms with van der Waals surface area (Å²) in [5.74, 6) is -0.222. The summed E-state index contributed by atoms with van der Waals surface area (Å²) < 4.78 is 10.1. The first kappa shape index (κ1) is 14.6. The van der Waals surface area contributed by atoms with Gasteiger partial charge in [-0.25, -0.2) is 15.1 Å². The smallest absolute Gasteiger partial charge is 0.343 e. The van der Waals surface area contributed by atoms with E-state index in [0.717, 1.165) is 0 Å². The van der Waals surface area contributed by atoms with Crippen molar-refractivity contribution >= 4 is 17.7 Å². The molecule has 0 unspecified atom stereocenters. The Kier molecular flexibility index (Phi) is 5.42. The summed E-state index contributed by atoms with van der Waals surface area (Å²) >= 11 is 0. The minimum Gasteiger partial charge on any atom is -0.497 e. The number of hydrogen-bond acceptors (Lipinski definition) is 5. The molecule has 0 aliphatic carbocycles. The molecule has 8 heteroatoms. The first-order chi connectivity index (χ1) is 9.06. The van der Waals surface area contributed by atoms with Crippen LogP contribution in [0.15, 0.2) is 18.2 Å². The van der Waals surface area contributed by atoms with Crippen molar-refractivity contribution in [2.45, 2.75) is 0 Å². The maximum Gasteiger partial charge on any atom is 0.343 e. The van der Waals surface area contributed by atoms with Crippen LogP contribution in [0.25, 0.3) is 0 Å². The number of rotatable bonds is 6. The molecule has 0 atom stereocenters. The van der Waals surface area contributed by atoms with Gasteiger partial charge in [0.1, 0.15) is 11.5 Å². The van der Waals surface area contributed by atoms with Gasteiger partial charge in [-0.3, -0.25) is 4.84 Å². The third-order valence-corrected chi connectivity index (χ3v) is 2.02. The normalized spacial score (nSPS) is 9.58. The van der Waals surface area contributed by atoms with Crippen molar-refractivity contribution in [1.29, 1.82) is 0 Å². The van der Waals surface area contributed by atoms with Crippen molar-refractivity contribution in [3.8, 4) is 11.5 Å². The van der Waals surface area contributed by atoms with Gasteiger partial charge in [0.2, 0.25) is 0 Å². The van der Waals surface area contributed by atoms with Crippen LogP contribution in [0.2, 0.25) is 0 Å². The molecule has 1 aromatic carbocycles. The number of carbonyl (C=O) groups excluding carboxylic acids is 1. The number of methoxy groups -OCH3 is 2. The number of carboxylic acid groups (broad SMARTS) is 1. The van der Waals surface area contributed by atoms with E-state index < -0.39 is 18.6 Å². The summed E-state index contributed by atoms with van der Waals surface area (Å²) in [5.41, 5.74) is 2.31. The second-order valence-electron chi connectivity index (χ2n) is 3.30. The SMILES string of the molecule is COc1ccc(NC(=O)NOCC(=O)O)c(OC)c1. The summed E-state index contributed by atoms with van der Waals surface area (Å²) in [5, 5.41) is 10.8. The average molecular weight is 270 g/mol. The van der Waals surface area contributed by atoms with E-state index in [-0.39, 0.29) is 0 Å². The molecule has 3 N–H and O–H groups in total. The van der Waals surface area contributed by atoms with Gasteiger partial charge in [0.05, 0.1) is 19.9 Å². The lowest BCUT2D eigenvalue weighted by atomic mass is 10.2. The molecule has 0 heterocycles. The Bertz CT molecular complexity index is 462. The van der Waals surface area contributed by atoms with Gasteiger partial charge in [-0.15, -0.1) is 0 Å². The van der Waals surface area contributed by atoms with E-state index in [0.29, 0.717) is 17.2 Å². The molecule has 19 heavy (non-hydrogen) atoms. The summed E-state index contributed by atoms with van der Waals surface area (Å²) in [6.07, 6.45) is 0. The molecule has 0 spiro atoms. The first-order valence-electron chi connectivity index (χ1n) is 5.19. The van der Waals surface area contributed by atoms with Crippen LogP contribution in [0.3, 0.4) is 0 Å². The van der Waals surface area contributed by atoms with Gasteiger partial charge in [-0.05, 0) is 12.1 Å². The Morgan fingerprint density at radius 1 is 1.26 bits per heavy atom. The lowest BCUT2D eigenvalue weighted by Crippen LogP contribution is -2.30. The molecule has 0 radical (unpaired) electrons. The Hall–Kier alpha value is -2.48. The highest BCUT2D eigenvalue weighted by Gasteiger charge is 2.09. The highest BCUT2D eigenvalue weighted by molar-refractivity contribution is 5.90. The summed E-state index contributed by atoms with van der Waals surface area (Å²) in [6.45, 7) is -0.632. The molecule has 1 aromatic rings. The van der Waals surface area contributed by atoms with Crippen molar-refractivity contribution in [3.05, 3.63) is 18.2 Å². The largest absolute Gasteiger partial charge is 0.497 e. The van der Waals surface area contributed by atoms with Gasteiger partial charge >= 0.3 is 12.0 Å². The molecule has 0 bridgehead atoms. The van der Waals surface area contributed by atoms with Gasteiger partial charge in [0.25, 0.3) is 0 Å². The number of amides is 2. The molecule has 8 nitrogen and oxygen atoms in total. The molecule has 0 saturated carbocycles. The minimum absolute atomic E-state index is 0.389. The van der Waals surface area contributed by atoms with E-state index in [4.69, 9.17) is 14.6 Å². The molecule has 104 valence electrons. The zero-order valence-electron chi connectivity index (χ0n) is 10.4. The van der Waals surface area contributed by atoms with Crippen LogP contribution in [0, 0.1) is 0 Å². The van der Waals surface area contributed by atoms with E-state index in [2.05, 4.69) is 10.2 Å². The molecule has 2 amide bonds. The van der Waals surface area contributed by atoms with Crippen molar-refractivity contribution in [3.63, 3.8) is 0 Å². The van der Waals surface area contributed by atoms with Crippen LogP contribution in [-0.4, -0.2) is 37.9 Å². The van der Waals surface area contributed by atoms with E-state index >= 15 is 0 Å². The Labute approximate surface area is 109 Å². The third-order valence-electron chi connectivity index (χ3n) is 2.02. The van der Waals surface area contributed by atoms with Crippen LogP contribution in [0.5, 0.6) is 11.5 Å². The average Bonchev–Trinajstić information content (AvgIpc) is 2.38. The fraction of sp³-hybridized carbons (Fsp3) is 0.273. The fourth-order valence-corrected chi connectivity index (χ4v) is 1.21. The fourth-order valence-electron chi connectivity index (χ4n) is 1.21. The number of carbonyl (C=O) groups is 2. The molecule has 0 aromatic heterocycles. The molecular weight excluding hydrogens is 256 g/mol. The second kappa shape index (κ2) is 7.07. The molecule has 0 aliphatic rings. The summed E-state index contributed by atoms with van der Waals surface area (Å²) in [6, 6.07) is 4.09. The van der Waals surface area contributed by atoms with Crippen LogP contribution < -0.4 is 20.3 Å². The predicted molar refractivity (Wildman–Crippen MR) is 65.3 cm³/mol. The lowest BCUT2D eigenvalue weighted by Gasteiger charge is -2.11. The van der Waals surface area contributed by atoms with E-state index in [9.17, 15) is 9.59 Å². The number of nitrogens with one attached hydrogen (secondary N) is 2. The van der Waals surface area contributed by atoms with E-state index in [1.807, 2.05) is 5.48 Å². The molecule has 0 fully saturated rings. The van der Waals surface area contributed by atoms with Gasteiger partial charge in [-0.1, -0.05) is 0 Å². The van der Waals surface area contributed by atoms with Crippen LogP contribution in [0.1, 0.15) is 0 Å². The van der Waals surface area contributed by atoms with Gasteiger partial charge in [0, 0.05) is 6.07 Å². The standard InChI is InChI=1S/C11H14N2O6/c1-17-7-3-4-8(9(5-7)18-2)12-11(16)13-19-6-10(14)15/h3-5H,6H2,1-2H3,(H,14,15)(H2,12,13,16). The molecule has 1 rings (SSSR count). The number of aliphatic carboxylic acids is 1. The third kappa shape index (κ3) is 4.72. The van der Waals surface area contributed by atoms with Crippen molar-refractivity contribution in [1.82, 2.24) is 5.48 Å². The zero-order chi connectivity index (χ0) is 14.3. The quantitative estimate of drug-likeness (QED) is 0.661. The Morgan fingerprint density at radius 2 is 2.00 bits per heavy atom.